The minimum Gasteiger partial charge on any atom is -0.394 e. The first-order valence-corrected chi connectivity index (χ1v) is 5.37. The van der Waals surface area contributed by atoms with Crippen LogP contribution in [0, 0.1) is 0 Å². The van der Waals surface area contributed by atoms with Crippen LogP contribution in [0.4, 0.5) is 13.2 Å². The molecule has 1 aromatic rings. The van der Waals surface area contributed by atoms with Crippen molar-refractivity contribution in [2.24, 2.45) is 0 Å². The summed E-state index contributed by atoms with van der Waals surface area (Å²) in [5.41, 5.74) is -1.27. The van der Waals surface area contributed by atoms with Crippen molar-refractivity contribution >= 4 is 0 Å². The standard InChI is InChI=1S/C9H11FN2O4.CH2F2/c10-6-3-5(4-13)16-8(6)12-2-1-7(14)11-9(12)15;2-1-3/h1-2,5-6,8,13H,3-4H2,(H,11,14,15);1H2. The highest BCUT2D eigenvalue weighted by Crippen LogP contribution is 2.29. The molecule has 3 unspecified atom stereocenters. The Balaban J connectivity index is 0.000000550. The predicted molar refractivity (Wildman–Crippen MR) is 58.9 cm³/mol. The second kappa shape index (κ2) is 7.10. The number of aromatic amines is 1. The third kappa shape index (κ3) is 3.93. The Bertz CT molecular complexity index is 504. The van der Waals surface area contributed by atoms with Crippen molar-refractivity contribution in [3.63, 3.8) is 0 Å². The van der Waals surface area contributed by atoms with E-state index in [0.29, 0.717) is 0 Å². The second-order valence-electron chi connectivity index (χ2n) is 3.70. The van der Waals surface area contributed by atoms with Crippen LogP contribution in [0.25, 0.3) is 0 Å². The van der Waals surface area contributed by atoms with Crippen LogP contribution in [0.5, 0.6) is 0 Å². The van der Waals surface area contributed by atoms with Gasteiger partial charge in [-0.15, -0.1) is 0 Å². The van der Waals surface area contributed by atoms with Crippen molar-refractivity contribution in [3.05, 3.63) is 33.1 Å². The van der Waals surface area contributed by atoms with Gasteiger partial charge in [-0.05, 0) is 0 Å². The molecule has 1 aliphatic rings. The molecule has 0 radical (unpaired) electrons. The Morgan fingerprint density at radius 1 is 1.47 bits per heavy atom. The van der Waals surface area contributed by atoms with Crippen LogP contribution in [-0.4, -0.2) is 40.5 Å². The maximum absolute atomic E-state index is 13.5. The quantitative estimate of drug-likeness (QED) is 0.802. The lowest BCUT2D eigenvalue weighted by Crippen LogP contribution is -2.34. The van der Waals surface area contributed by atoms with Gasteiger partial charge in [-0.25, -0.2) is 18.0 Å². The minimum atomic E-state index is -1.75. The zero-order chi connectivity index (χ0) is 14.4. The average molecular weight is 282 g/mol. The number of aliphatic hydroxyl groups excluding tert-OH is 1. The summed E-state index contributed by atoms with van der Waals surface area (Å²) >= 11 is 0. The van der Waals surface area contributed by atoms with Gasteiger partial charge in [0.25, 0.3) is 5.56 Å². The van der Waals surface area contributed by atoms with E-state index >= 15 is 0 Å². The summed E-state index contributed by atoms with van der Waals surface area (Å²) in [7, 11) is 0. The summed E-state index contributed by atoms with van der Waals surface area (Å²) in [6.45, 7) is -2.05. The van der Waals surface area contributed by atoms with Gasteiger partial charge in [0.2, 0.25) is 6.93 Å². The average Bonchev–Trinajstić information content (AvgIpc) is 2.72. The van der Waals surface area contributed by atoms with Gasteiger partial charge in [0, 0.05) is 18.7 Å². The first kappa shape index (κ1) is 15.4. The van der Waals surface area contributed by atoms with Crippen molar-refractivity contribution in [2.75, 3.05) is 13.5 Å². The summed E-state index contributed by atoms with van der Waals surface area (Å²) in [6.07, 6.45) is -1.86. The van der Waals surface area contributed by atoms with Gasteiger partial charge in [0.05, 0.1) is 12.7 Å². The van der Waals surface area contributed by atoms with Crippen molar-refractivity contribution in [2.45, 2.75) is 24.9 Å². The molecule has 9 heteroatoms. The van der Waals surface area contributed by atoms with Crippen molar-refractivity contribution < 1.29 is 23.0 Å². The van der Waals surface area contributed by atoms with Crippen molar-refractivity contribution in [1.82, 2.24) is 9.55 Å². The van der Waals surface area contributed by atoms with Crippen LogP contribution in [0.1, 0.15) is 12.6 Å². The highest BCUT2D eigenvalue weighted by molar-refractivity contribution is 4.88. The molecule has 1 fully saturated rings. The Hall–Kier alpha value is -1.61. The third-order valence-corrected chi connectivity index (χ3v) is 2.46. The fraction of sp³-hybridized carbons (Fsp3) is 0.600. The Morgan fingerprint density at radius 3 is 2.58 bits per heavy atom. The molecule has 3 atom stereocenters. The summed E-state index contributed by atoms with van der Waals surface area (Å²) in [5.74, 6) is 0. The van der Waals surface area contributed by atoms with Crippen LogP contribution in [0.15, 0.2) is 21.9 Å². The summed E-state index contributed by atoms with van der Waals surface area (Å²) < 4.78 is 38.9. The maximum Gasteiger partial charge on any atom is 0.330 e. The number of H-pyrrole nitrogens is 1. The number of rotatable bonds is 2. The number of hydrogen-bond acceptors (Lipinski definition) is 4. The van der Waals surface area contributed by atoms with Crippen LogP contribution in [0.3, 0.4) is 0 Å². The van der Waals surface area contributed by atoms with Gasteiger partial charge >= 0.3 is 5.69 Å². The number of nitrogens with zero attached hydrogens (tertiary/aromatic N) is 1. The lowest BCUT2D eigenvalue weighted by molar-refractivity contribution is -0.0394. The number of nitrogens with one attached hydrogen (secondary N) is 1. The molecule has 0 aromatic carbocycles. The molecule has 2 N–H and O–H groups in total. The molecule has 2 heterocycles. The fourth-order valence-corrected chi connectivity index (χ4v) is 1.69. The van der Waals surface area contributed by atoms with Gasteiger partial charge in [-0.2, -0.15) is 0 Å². The van der Waals surface area contributed by atoms with Crippen molar-refractivity contribution in [1.29, 1.82) is 0 Å². The SMILES string of the molecule is FCF.O=c1ccn(C2OC(CO)CC2F)c(=O)[nH]1. The molecule has 1 aliphatic heterocycles. The van der Waals surface area contributed by atoms with E-state index < -0.39 is 36.7 Å². The Morgan fingerprint density at radius 2 is 2.11 bits per heavy atom. The largest absolute Gasteiger partial charge is 0.394 e. The molecule has 2 rings (SSSR count). The first-order valence-electron chi connectivity index (χ1n) is 5.37. The maximum atomic E-state index is 13.5. The normalized spacial score (nSPS) is 25.8. The van der Waals surface area contributed by atoms with E-state index in [-0.39, 0.29) is 13.0 Å². The van der Waals surface area contributed by atoms with Gasteiger partial charge in [-0.1, -0.05) is 0 Å². The van der Waals surface area contributed by atoms with Gasteiger partial charge in [0.15, 0.2) is 6.23 Å². The van der Waals surface area contributed by atoms with Gasteiger partial charge < -0.3 is 9.84 Å². The second-order valence-corrected chi connectivity index (χ2v) is 3.70. The molecule has 0 saturated carbocycles. The minimum absolute atomic E-state index is 0.0345. The summed E-state index contributed by atoms with van der Waals surface area (Å²) in [5, 5.41) is 8.83. The Labute approximate surface area is 105 Å². The molecule has 0 aliphatic carbocycles. The molecule has 0 bridgehead atoms. The van der Waals surface area contributed by atoms with E-state index in [1.807, 2.05) is 4.98 Å². The smallest absolute Gasteiger partial charge is 0.330 e. The van der Waals surface area contributed by atoms with Crippen LogP contribution in [0.2, 0.25) is 0 Å². The lowest BCUT2D eigenvalue weighted by atomic mass is 10.2. The number of aliphatic hydroxyl groups is 1. The van der Waals surface area contributed by atoms with E-state index in [0.717, 1.165) is 10.6 Å². The van der Waals surface area contributed by atoms with Crippen LogP contribution < -0.4 is 11.2 Å². The first-order chi connectivity index (χ1) is 9.03. The molecule has 6 nitrogen and oxygen atoms in total. The van der Waals surface area contributed by atoms with E-state index in [1.54, 1.807) is 0 Å². The number of aromatic nitrogens is 2. The summed E-state index contributed by atoms with van der Waals surface area (Å²) in [6, 6.07) is 1.11. The van der Waals surface area contributed by atoms with E-state index in [2.05, 4.69) is 0 Å². The van der Waals surface area contributed by atoms with E-state index in [4.69, 9.17) is 9.84 Å². The molecule has 1 aromatic heterocycles. The van der Waals surface area contributed by atoms with Crippen LogP contribution >= 0.6 is 0 Å². The third-order valence-electron chi connectivity index (χ3n) is 2.46. The molecular weight excluding hydrogens is 269 g/mol. The highest BCUT2D eigenvalue weighted by atomic mass is 19.3. The van der Waals surface area contributed by atoms with Gasteiger partial charge in [0.1, 0.15) is 6.17 Å². The number of ether oxygens (including phenoxy) is 1. The molecular formula is C10H13F3N2O4. The Kier molecular flexibility index (Phi) is 5.77. The van der Waals surface area contributed by atoms with Gasteiger partial charge in [-0.3, -0.25) is 14.3 Å². The predicted octanol–water partition coefficient (Wildman–Crippen LogP) is 0.0374. The monoisotopic (exact) mass is 282 g/mol. The highest BCUT2D eigenvalue weighted by Gasteiger charge is 2.36. The number of alkyl halides is 3. The molecule has 0 amide bonds. The van der Waals surface area contributed by atoms with Crippen molar-refractivity contribution in [3.8, 4) is 0 Å². The van der Waals surface area contributed by atoms with E-state index in [9.17, 15) is 22.8 Å². The lowest BCUT2D eigenvalue weighted by Gasteiger charge is -2.15. The zero-order valence-electron chi connectivity index (χ0n) is 9.76. The number of halogens is 3. The molecule has 1 saturated heterocycles. The number of hydrogen-bond donors (Lipinski definition) is 2. The fourth-order valence-electron chi connectivity index (χ4n) is 1.69. The van der Waals surface area contributed by atoms with E-state index in [1.165, 1.54) is 6.20 Å². The molecule has 0 spiro atoms. The van der Waals surface area contributed by atoms with Crippen LogP contribution in [-0.2, 0) is 4.74 Å². The topological polar surface area (TPSA) is 84.3 Å². The summed E-state index contributed by atoms with van der Waals surface area (Å²) in [4.78, 5) is 24.2. The molecule has 108 valence electrons. The zero-order valence-corrected chi connectivity index (χ0v) is 9.76. The molecule has 19 heavy (non-hydrogen) atoms.